The molecule has 0 saturated heterocycles. The van der Waals surface area contributed by atoms with Crippen molar-refractivity contribution in [3.8, 4) is 0 Å². The first-order chi connectivity index (χ1) is 8.29. The molecular weight excluding hydrogens is 300 g/mol. The Hall–Kier alpha value is -1.11. The molecule has 2 aromatic heterocycles. The maximum Gasteiger partial charge on any atom is 0.140 e. The third-order valence-corrected chi connectivity index (χ3v) is 4.05. The van der Waals surface area contributed by atoms with Crippen molar-refractivity contribution in [1.82, 2.24) is 9.97 Å². The van der Waals surface area contributed by atoms with Crippen LogP contribution >= 0.6 is 27.7 Å². The second-order valence-corrected chi connectivity index (χ2v) is 5.09. The van der Waals surface area contributed by atoms with Crippen LogP contribution in [0.1, 0.15) is 5.56 Å². The second kappa shape index (κ2) is 6.00. The van der Waals surface area contributed by atoms with E-state index in [1.807, 2.05) is 24.3 Å². The van der Waals surface area contributed by atoms with Gasteiger partial charge in [-0.05, 0) is 45.8 Å². The highest BCUT2D eigenvalue weighted by Crippen LogP contribution is 2.27. The van der Waals surface area contributed by atoms with E-state index in [-0.39, 0.29) is 0 Å². The summed E-state index contributed by atoms with van der Waals surface area (Å²) in [7, 11) is 0. The lowest BCUT2D eigenvalue weighted by molar-refractivity contribution is 1.11. The maximum atomic E-state index is 5.31. The third-order valence-electron chi connectivity index (χ3n) is 2.07. The van der Waals surface area contributed by atoms with Crippen LogP contribution in [0.2, 0.25) is 0 Å². The molecule has 88 valence electrons. The van der Waals surface area contributed by atoms with E-state index in [1.54, 1.807) is 24.2 Å². The molecule has 0 saturated carbocycles. The number of rotatable bonds is 4. The summed E-state index contributed by atoms with van der Waals surface area (Å²) >= 11 is 5.13. The van der Waals surface area contributed by atoms with Gasteiger partial charge in [0.1, 0.15) is 10.8 Å². The molecule has 2 heterocycles. The molecule has 6 heteroatoms. The van der Waals surface area contributed by atoms with Crippen molar-refractivity contribution in [2.75, 3.05) is 5.43 Å². The Morgan fingerprint density at radius 3 is 2.94 bits per heavy atom. The SMILES string of the molecule is NNc1cc(CSc2ncccc2Br)ccn1. The molecule has 3 N–H and O–H groups in total. The van der Waals surface area contributed by atoms with E-state index in [0.717, 1.165) is 20.8 Å². The molecule has 17 heavy (non-hydrogen) atoms. The lowest BCUT2D eigenvalue weighted by Crippen LogP contribution is -2.08. The van der Waals surface area contributed by atoms with Crippen molar-refractivity contribution in [2.24, 2.45) is 5.84 Å². The fourth-order valence-corrected chi connectivity index (χ4v) is 2.69. The topological polar surface area (TPSA) is 63.8 Å². The minimum absolute atomic E-state index is 0.670. The zero-order valence-corrected chi connectivity index (χ0v) is 11.3. The molecule has 2 aromatic rings. The fraction of sp³-hybridized carbons (Fsp3) is 0.0909. The van der Waals surface area contributed by atoms with Crippen molar-refractivity contribution < 1.29 is 0 Å². The van der Waals surface area contributed by atoms with Crippen LogP contribution in [0.3, 0.4) is 0 Å². The number of hydrogen-bond acceptors (Lipinski definition) is 5. The number of pyridine rings is 2. The Labute approximate surface area is 112 Å². The van der Waals surface area contributed by atoms with Crippen molar-refractivity contribution in [3.63, 3.8) is 0 Å². The Bertz CT molecular complexity index is 506. The van der Waals surface area contributed by atoms with Gasteiger partial charge in [0.05, 0.1) is 0 Å². The van der Waals surface area contributed by atoms with Crippen LogP contribution in [0.4, 0.5) is 5.82 Å². The van der Waals surface area contributed by atoms with Crippen LogP contribution < -0.4 is 11.3 Å². The lowest BCUT2D eigenvalue weighted by Gasteiger charge is -2.04. The largest absolute Gasteiger partial charge is 0.308 e. The first-order valence-electron chi connectivity index (χ1n) is 4.94. The Morgan fingerprint density at radius 1 is 1.29 bits per heavy atom. The highest BCUT2D eigenvalue weighted by molar-refractivity contribution is 9.10. The Kier molecular flexibility index (Phi) is 4.36. The minimum atomic E-state index is 0.670. The molecule has 0 amide bonds. The van der Waals surface area contributed by atoms with E-state index in [2.05, 4.69) is 31.3 Å². The van der Waals surface area contributed by atoms with Crippen molar-refractivity contribution >= 4 is 33.5 Å². The van der Waals surface area contributed by atoms with Crippen molar-refractivity contribution in [1.29, 1.82) is 0 Å². The van der Waals surface area contributed by atoms with Crippen molar-refractivity contribution in [3.05, 3.63) is 46.7 Å². The average molecular weight is 311 g/mol. The summed E-state index contributed by atoms with van der Waals surface area (Å²) in [6, 6.07) is 7.76. The molecule has 0 spiro atoms. The van der Waals surface area contributed by atoms with Crippen LogP contribution in [0.25, 0.3) is 0 Å². The number of nitrogens with one attached hydrogen (secondary N) is 1. The number of hydrazine groups is 1. The van der Waals surface area contributed by atoms with Gasteiger partial charge in [-0.1, -0.05) is 0 Å². The minimum Gasteiger partial charge on any atom is -0.308 e. The smallest absolute Gasteiger partial charge is 0.140 e. The predicted molar refractivity (Wildman–Crippen MR) is 73.5 cm³/mol. The molecule has 0 aliphatic carbocycles. The van der Waals surface area contributed by atoms with E-state index >= 15 is 0 Å². The lowest BCUT2D eigenvalue weighted by atomic mass is 10.3. The molecule has 0 bridgehead atoms. The zero-order chi connectivity index (χ0) is 12.1. The third kappa shape index (κ3) is 3.42. The van der Waals surface area contributed by atoms with Crippen LogP contribution in [-0.2, 0) is 5.75 Å². The van der Waals surface area contributed by atoms with E-state index in [4.69, 9.17) is 5.84 Å². The predicted octanol–water partition coefficient (Wildman–Crippen LogP) is 2.82. The summed E-state index contributed by atoms with van der Waals surface area (Å²) in [5.74, 6) is 6.81. The monoisotopic (exact) mass is 310 g/mol. The highest BCUT2D eigenvalue weighted by Gasteiger charge is 2.02. The quantitative estimate of drug-likeness (QED) is 0.516. The van der Waals surface area contributed by atoms with E-state index < -0.39 is 0 Å². The Balaban J connectivity index is 2.05. The number of anilines is 1. The number of nitrogens with zero attached hydrogens (tertiary/aromatic N) is 2. The summed E-state index contributed by atoms with van der Waals surface area (Å²) < 4.78 is 1.01. The van der Waals surface area contributed by atoms with Crippen LogP contribution in [0, 0.1) is 0 Å². The number of halogens is 1. The summed E-state index contributed by atoms with van der Waals surface area (Å²) in [5, 5.41) is 0.978. The first kappa shape index (κ1) is 12.3. The van der Waals surface area contributed by atoms with Gasteiger partial charge in [0.2, 0.25) is 0 Å². The number of nitrogen functional groups attached to an aromatic ring is 1. The summed E-state index contributed by atoms with van der Waals surface area (Å²) in [4.78, 5) is 8.36. The average Bonchev–Trinajstić information content (AvgIpc) is 2.38. The van der Waals surface area contributed by atoms with Gasteiger partial charge in [-0.2, -0.15) is 0 Å². The fourth-order valence-electron chi connectivity index (χ4n) is 1.27. The van der Waals surface area contributed by atoms with Crippen LogP contribution in [-0.4, -0.2) is 9.97 Å². The van der Waals surface area contributed by atoms with Crippen LogP contribution in [0.15, 0.2) is 46.2 Å². The molecule has 4 nitrogen and oxygen atoms in total. The molecule has 2 rings (SSSR count). The Morgan fingerprint density at radius 2 is 2.18 bits per heavy atom. The summed E-state index contributed by atoms with van der Waals surface area (Å²) in [6.07, 6.45) is 3.52. The van der Waals surface area contributed by atoms with E-state index in [0.29, 0.717) is 5.82 Å². The van der Waals surface area contributed by atoms with E-state index in [9.17, 15) is 0 Å². The van der Waals surface area contributed by atoms with Gasteiger partial charge < -0.3 is 5.43 Å². The number of thioether (sulfide) groups is 1. The molecular formula is C11H11BrN4S. The van der Waals surface area contributed by atoms with Crippen molar-refractivity contribution in [2.45, 2.75) is 10.8 Å². The molecule has 0 aliphatic heterocycles. The van der Waals surface area contributed by atoms with Gasteiger partial charge in [-0.25, -0.2) is 15.8 Å². The summed E-state index contributed by atoms with van der Waals surface area (Å²) in [6.45, 7) is 0. The standard InChI is InChI=1S/C11H11BrN4S/c12-9-2-1-4-15-11(9)17-7-8-3-5-14-10(6-8)16-13/h1-6H,7,13H2,(H,14,16). The molecule has 0 unspecified atom stereocenters. The first-order valence-corrected chi connectivity index (χ1v) is 6.72. The van der Waals surface area contributed by atoms with E-state index in [1.165, 1.54) is 0 Å². The van der Waals surface area contributed by atoms with Crippen LogP contribution in [0.5, 0.6) is 0 Å². The van der Waals surface area contributed by atoms with Gasteiger partial charge in [-0.15, -0.1) is 11.8 Å². The van der Waals surface area contributed by atoms with Gasteiger partial charge in [0.25, 0.3) is 0 Å². The number of aromatic nitrogens is 2. The van der Waals surface area contributed by atoms with Gasteiger partial charge in [0, 0.05) is 22.6 Å². The molecule has 0 radical (unpaired) electrons. The molecule has 0 atom stereocenters. The number of nitrogens with two attached hydrogens (primary N) is 1. The van der Waals surface area contributed by atoms with Gasteiger partial charge in [-0.3, -0.25) is 0 Å². The normalized spacial score (nSPS) is 10.2. The molecule has 0 aromatic carbocycles. The molecule has 0 fully saturated rings. The zero-order valence-electron chi connectivity index (χ0n) is 8.93. The number of hydrogen-bond donors (Lipinski definition) is 2. The maximum absolute atomic E-state index is 5.31. The second-order valence-electron chi connectivity index (χ2n) is 3.27. The van der Waals surface area contributed by atoms with Gasteiger partial charge >= 0.3 is 0 Å². The van der Waals surface area contributed by atoms with Gasteiger partial charge in [0.15, 0.2) is 0 Å². The molecule has 0 aliphatic rings. The highest BCUT2D eigenvalue weighted by atomic mass is 79.9. The summed E-state index contributed by atoms with van der Waals surface area (Å²) in [5.41, 5.74) is 3.68.